The highest BCUT2D eigenvalue weighted by Crippen LogP contribution is 2.23. The van der Waals surface area contributed by atoms with Gasteiger partial charge in [0.15, 0.2) is 0 Å². The third-order valence-electron chi connectivity index (χ3n) is 4.01. The van der Waals surface area contributed by atoms with Gasteiger partial charge < -0.3 is 10.6 Å². The lowest BCUT2D eigenvalue weighted by Crippen LogP contribution is -2.32. The number of anilines is 1. The minimum atomic E-state index is 0.421. The molecule has 1 saturated heterocycles. The van der Waals surface area contributed by atoms with Crippen molar-refractivity contribution in [3.63, 3.8) is 0 Å². The molecule has 0 atom stereocenters. The summed E-state index contributed by atoms with van der Waals surface area (Å²) in [4.78, 5) is 2.45. The lowest BCUT2D eigenvalue weighted by atomic mass is 9.99. The summed E-state index contributed by atoms with van der Waals surface area (Å²) in [6.45, 7) is 5.06. The van der Waals surface area contributed by atoms with E-state index in [1.165, 1.54) is 18.5 Å². The number of piperidine rings is 1. The van der Waals surface area contributed by atoms with Crippen LogP contribution in [-0.4, -0.2) is 28.1 Å². The van der Waals surface area contributed by atoms with Gasteiger partial charge in [-0.1, -0.05) is 12.1 Å². The first-order valence-electron chi connectivity index (χ1n) is 7.23. The van der Waals surface area contributed by atoms with Crippen molar-refractivity contribution in [3.8, 4) is 5.69 Å². The molecule has 1 aromatic heterocycles. The number of nitrogens with zero attached hydrogens (tertiary/aromatic N) is 4. The first-order chi connectivity index (χ1) is 9.76. The Bertz CT molecular complexity index is 552. The molecule has 5 heteroatoms. The fraction of sp³-hybridized carbons (Fsp3) is 0.467. The van der Waals surface area contributed by atoms with E-state index in [0.717, 1.165) is 30.4 Å². The molecule has 1 aliphatic heterocycles. The summed E-state index contributed by atoms with van der Waals surface area (Å²) in [6, 6.07) is 8.49. The van der Waals surface area contributed by atoms with Crippen LogP contribution in [0.25, 0.3) is 5.69 Å². The molecular weight excluding hydrogens is 250 g/mol. The predicted octanol–water partition coefficient (Wildman–Crippen LogP) is 1.96. The molecule has 1 aromatic carbocycles. The van der Waals surface area contributed by atoms with Crippen molar-refractivity contribution in [1.29, 1.82) is 0 Å². The number of benzene rings is 1. The second kappa shape index (κ2) is 5.63. The fourth-order valence-electron chi connectivity index (χ4n) is 2.60. The van der Waals surface area contributed by atoms with E-state index >= 15 is 0 Å². The van der Waals surface area contributed by atoms with Gasteiger partial charge in [0.2, 0.25) is 0 Å². The largest absolute Gasteiger partial charge is 0.372 e. The van der Waals surface area contributed by atoms with E-state index < -0.39 is 0 Å². The van der Waals surface area contributed by atoms with Crippen molar-refractivity contribution in [2.45, 2.75) is 26.3 Å². The van der Waals surface area contributed by atoms with Crippen molar-refractivity contribution in [2.24, 2.45) is 11.7 Å². The minimum absolute atomic E-state index is 0.421. The van der Waals surface area contributed by atoms with Crippen LogP contribution in [0.15, 0.2) is 30.5 Å². The SMILES string of the molecule is CC1CCN(c2ccc(-n3cc(CN)nn3)cc2)CC1. The van der Waals surface area contributed by atoms with E-state index in [-0.39, 0.29) is 0 Å². The van der Waals surface area contributed by atoms with Gasteiger partial charge in [-0.3, -0.25) is 0 Å². The number of hydrogen-bond donors (Lipinski definition) is 1. The maximum atomic E-state index is 5.55. The Balaban J connectivity index is 1.74. The molecule has 0 amide bonds. The van der Waals surface area contributed by atoms with Crippen LogP contribution in [0.3, 0.4) is 0 Å². The van der Waals surface area contributed by atoms with Gasteiger partial charge in [-0.2, -0.15) is 0 Å². The molecule has 0 unspecified atom stereocenters. The molecule has 2 N–H and O–H groups in total. The van der Waals surface area contributed by atoms with Crippen LogP contribution < -0.4 is 10.6 Å². The summed E-state index contributed by atoms with van der Waals surface area (Å²) < 4.78 is 1.77. The molecule has 0 bridgehead atoms. The average Bonchev–Trinajstić information content (AvgIpc) is 2.97. The Hall–Kier alpha value is -1.88. The lowest BCUT2D eigenvalue weighted by Gasteiger charge is -2.32. The Morgan fingerprint density at radius 2 is 1.80 bits per heavy atom. The summed E-state index contributed by atoms with van der Waals surface area (Å²) in [7, 11) is 0. The first-order valence-corrected chi connectivity index (χ1v) is 7.23. The lowest BCUT2D eigenvalue weighted by molar-refractivity contribution is 0.438. The smallest absolute Gasteiger partial charge is 0.0967 e. The standard InChI is InChI=1S/C15H21N5/c1-12-6-8-19(9-7-12)14-2-4-15(5-3-14)20-11-13(10-16)17-18-20/h2-5,11-12H,6-10,16H2,1H3. The molecule has 2 heterocycles. The number of nitrogens with two attached hydrogens (primary N) is 1. The van der Waals surface area contributed by atoms with Crippen LogP contribution >= 0.6 is 0 Å². The van der Waals surface area contributed by atoms with Crippen LogP contribution in [-0.2, 0) is 6.54 Å². The Morgan fingerprint density at radius 3 is 2.40 bits per heavy atom. The molecule has 0 aliphatic carbocycles. The Kier molecular flexibility index (Phi) is 3.69. The van der Waals surface area contributed by atoms with Gasteiger partial charge in [0.25, 0.3) is 0 Å². The summed E-state index contributed by atoms with van der Waals surface area (Å²) in [6.07, 6.45) is 4.44. The highest BCUT2D eigenvalue weighted by molar-refractivity contribution is 5.51. The normalized spacial score (nSPS) is 16.6. The maximum Gasteiger partial charge on any atom is 0.0967 e. The van der Waals surface area contributed by atoms with Crippen molar-refractivity contribution in [2.75, 3.05) is 18.0 Å². The molecule has 3 rings (SSSR count). The molecular formula is C15H21N5. The van der Waals surface area contributed by atoms with Gasteiger partial charge in [0, 0.05) is 25.3 Å². The molecule has 5 nitrogen and oxygen atoms in total. The van der Waals surface area contributed by atoms with Gasteiger partial charge in [-0.05, 0) is 43.0 Å². The second-order valence-electron chi connectivity index (χ2n) is 5.54. The molecule has 106 valence electrons. The van der Waals surface area contributed by atoms with Gasteiger partial charge in [-0.25, -0.2) is 4.68 Å². The van der Waals surface area contributed by atoms with Crippen LogP contribution in [0.5, 0.6) is 0 Å². The quantitative estimate of drug-likeness (QED) is 0.927. The summed E-state index contributed by atoms with van der Waals surface area (Å²) in [5, 5.41) is 8.09. The number of rotatable bonds is 3. The highest BCUT2D eigenvalue weighted by atomic mass is 15.4. The zero-order valence-corrected chi connectivity index (χ0v) is 11.9. The first kappa shape index (κ1) is 13.1. The summed E-state index contributed by atoms with van der Waals surface area (Å²) in [5.74, 6) is 0.857. The Morgan fingerprint density at radius 1 is 1.15 bits per heavy atom. The molecule has 1 fully saturated rings. The second-order valence-corrected chi connectivity index (χ2v) is 5.54. The van der Waals surface area contributed by atoms with E-state index in [1.54, 1.807) is 4.68 Å². The summed E-state index contributed by atoms with van der Waals surface area (Å²) in [5.41, 5.74) is 8.67. The number of aromatic nitrogens is 3. The van der Waals surface area contributed by atoms with Crippen LogP contribution in [0, 0.1) is 5.92 Å². The molecule has 1 aliphatic rings. The Labute approximate surface area is 119 Å². The zero-order chi connectivity index (χ0) is 13.9. The average molecular weight is 271 g/mol. The fourth-order valence-corrected chi connectivity index (χ4v) is 2.60. The van der Waals surface area contributed by atoms with Crippen LogP contribution in [0.2, 0.25) is 0 Å². The van der Waals surface area contributed by atoms with E-state index in [1.807, 2.05) is 6.20 Å². The molecule has 0 spiro atoms. The maximum absolute atomic E-state index is 5.55. The van der Waals surface area contributed by atoms with E-state index in [0.29, 0.717) is 6.54 Å². The highest BCUT2D eigenvalue weighted by Gasteiger charge is 2.15. The van der Waals surface area contributed by atoms with Crippen molar-refractivity contribution < 1.29 is 0 Å². The topological polar surface area (TPSA) is 60.0 Å². The monoisotopic (exact) mass is 271 g/mol. The van der Waals surface area contributed by atoms with Gasteiger partial charge in [0.05, 0.1) is 17.6 Å². The van der Waals surface area contributed by atoms with Crippen molar-refractivity contribution >= 4 is 5.69 Å². The van der Waals surface area contributed by atoms with E-state index in [2.05, 4.69) is 46.4 Å². The van der Waals surface area contributed by atoms with E-state index in [4.69, 9.17) is 5.73 Å². The number of hydrogen-bond acceptors (Lipinski definition) is 4. The van der Waals surface area contributed by atoms with Crippen molar-refractivity contribution in [1.82, 2.24) is 15.0 Å². The third kappa shape index (κ3) is 2.67. The third-order valence-corrected chi connectivity index (χ3v) is 4.01. The zero-order valence-electron chi connectivity index (χ0n) is 11.9. The van der Waals surface area contributed by atoms with Crippen LogP contribution in [0.1, 0.15) is 25.5 Å². The molecule has 20 heavy (non-hydrogen) atoms. The van der Waals surface area contributed by atoms with Gasteiger partial charge in [0.1, 0.15) is 0 Å². The molecule has 0 radical (unpaired) electrons. The minimum Gasteiger partial charge on any atom is -0.372 e. The van der Waals surface area contributed by atoms with E-state index in [9.17, 15) is 0 Å². The predicted molar refractivity (Wildman–Crippen MR) is 79.9 cm³/mol. The summed E-state index contributed by atoms with van der Waals surface area (Å²) >= 11 is 0. The molecule has 0 saturated carbocycles. The van der Waals surface area contributed by atoms with Gasteiger partial charge in [-0.15, -0.1) is 5.10 Å². The van der Waals surface area contributed by atoms with Crippen molar-refractivity contribution in [3.05, 3.63) is 36.2 Å². The van der Waals surface area contributed by atoms with Gasteiger partial charge >= 0.3 is 0 Å². The molecule has 2 aromatic rings. The van der Waals surface area contributed by atoms with Crippen LogP contribution in [0.4, 0.5) is 5.69 Å².